The summed E-state index contributed by atoms with van der Waals surface area (Å²) in [7, 11) is 2.14. The van der Waals surface area contributed by atoms with Crippen molar-refractivity contribution in [2.24, 2.45) is 5.73 Å². The fourth-order valence-electron chi connectivity index (χ4n) is 2.13. The number of rotatable bonds is 6. The second-order valence-corrected chi connectivity index (χ2v) is 4.65. The molecule has 0 spiro atoms. The molecule has 0 saturated carbocycles. The molecular weight excluding hydrogens is 220 g/mol. The van der Waals surface area contributed by atoms with Crippen molar-refractivity contribution < 1.29 is 0 Å². The van der Waals surface area contributed by atoms with Crippen molar-refractivity contribution in [2.45, 2.75) is 39.5 Å². The van der Waals surface area contributed by atoms with Crippen LogP contribution in [0, 0.1) is 0 Å². The summed E-state index contributed by atoms with van der Waals surface area (Å²) in [5.74, 6) is 0. The van der Waals surface area contributed by atoms with Crippen LogP contribution in [-0.4, -0.2) is 18.5 Å². The lowest BCUT2D eigenvalue weighted by Crippen LogP contribution is -2.17. The first-order valence-electron chi connectivity index (χ1n) is 6.87. The summed E-state index contributed by atoms with van der Waals surface area (Å²) in [6.07, 6.45) is 15.3. The molecule has 100 valence electrons. The van der Waals surface area contributed by atoms with Crippen molar-refractivity contribution in [3.8, 4) is 0 Å². The first-order valence-corrected chi connectivity index (χ1v) is 6.87. The van der Waals surface area contributed by atoms with Crippen molar-refractivity contribution >= 4 is 0 Å². The third-order valence-corrected chi connectivity index (χ3v) is 3.26. The van der Waals surface area contributed by atoms with Gasteiger partial charge in [-0.1, -0.05) is 31.2 Å². The van der Waals surface area contributed by atoms with Gasteiger partial charge in [0.25, 0.3) is 0 Å². The Balaban J connectivity index is 2.89. The maximum absolute atomic E-state index is 5.63. The second-order valence-electron chi connectivity index (χ2n) is 4.65. The smallest absolute Gasteiger partial charge is 0.0434 e. The van der Waals surface area contributed by atoms with Crippen LogP contribution in [0.5, 0.6) is 0 Å². The van der Waals surface area contributed by atoms with E-state index in [1.807, 2.05) is 0 Å². The van der Waals surface area contributed by atoms with Gasteiger partial charge in [-0.25, -0.2) is 0 Å². The lowest BCUT2D eigenvalue weighted by Gasteiger charge is -2.25. The molecule has 0 fully saturated rings. The molecule has 0 bridgehead atoms. The van der Waals surface area contributed by atoms with Crippen LogP contribution in [-0.2, 0) is 0 Å². The number of hydrogen-bond donors (Lipinski definition) is 1. The maximum atomic E-state index is 5.63. The number of nitrogens with two attached hydrogens (primary N) is 1. The normalized spacial score (nSPS) is 16.1. The molecule has 2 heteroatoms. The van der Waals surface area contributed by atoms with Gasteiger partial charge >= 0.3 is 0 Å². The minimum absolute atomic E-state index is 0.756. The van der Waals surface area contributed by atoms with Crippen LogP contribution in [0.2, 0.25) is 0 Å². The molecule has 1 aliphatic rings. The molecule has 0 unspecified atom stereocenters. The van der Waals surface area contributed by atoms with Crippen LogP contribution in [0.4, 0.5) is 0 Å². The van der Waals surface area contributed by atoms with E-state index in [9.17, 15) is 0 Å². The molecule has 1 aliphatic carbocycles. The van der Waals surface area contributed by atoms with Gasteiger partial charge in [0.1, 0.15) is 0 Å². The van der Waals surface area contributed by atoms with E-state index < -0.39 is 0 Å². The van der Waals surface area contributed by atoms with Crippen LogP contribution in [0.15, 0.2) is 47.3 Å². The Labute approximate surface area is 112 Å². The summed E-state index contributed by atoms with van der Waals surface area (Å²) in [6.45, 7) is 5.09. The quantitative estimate of drug-likeness (QED) is 0.773. The molecular formula is C16H26N2. The largest absolute Gasteiger partial charge is 0.349 e. The van der Waals surface area contributed by atoms with Crippen LogP contribution in [0.25, 0.3) is 0 Å². The first kappa shape index (κ1) is 14.8. The highest BCUT2D eigenvalue weighted by Crippen LogP contribution is 2.24. The highest BCUT2D eigenvalue weighted by atomic mass is 15.1. The monoisotopic (exact) mass is 246 g/mol. The zero-order valence-corrected chi connectivity index (χ0v) is 11.9. The number of likely N-dealkylation sites (N-methyl/N-ethyl adjacent to an activating group) is 1. The highest BCUT2D eigenvalue weighted by molar-refractivity contribution is 5.37. The molecule has 0 aromatic rings. The molecule has 0 aromatic heterocycles. The summed E-state index contributed by atoms with van der Waals surface area (Å²) in [5.41, 5.74) is 9.65. The molecule has 0 heterocycles. The van der Waals surface area contributed by atoms with Crippen LogP contribution < -0.4 is 5.73 Å². The van der Waals surface area contributed by atoms with Gasteiger partial charge < -0.3 is 10.6 Å². The predicted molar refractivity (Wildman–Crippen MR) is 80.0 cm³/mol. The zero-order chi connectivity index (χ0) is 13.4. The molecule has 2 nitrogen and oxygen atoms in total. The molecule has 1 rings (SSSR count). The summed E-state index contributed by atoms with van der Waals surface area (Å²) in [6, 6.07) is 0. The first-order chi connectivity index (χ1) is 8.70. The van der Waals surface area contributed by atoms with Crippen molar-refractivity contribution in [3.63, 3.8) is 0 Å². The zero-order valence-electron chi connectivity index (χ0n) is 11.9. The summed E-state index contributed by atoms with van der Waals surface area (Å²) >= 11 is 0. The Kier molecular flexibility index (Phi) is 6.51. The third kappa shape index (κ3) is 4.19. The van der Waals surface area contributed by atoms with Gasteiger partial charge in [-0.2, -0.15) is 0 Å². The minimum atomic E-state index is 0.756. The van der Waals surface area contributed by atoms with E-state index in [0.29, 0.717) is 0 Å². The van der Waals surface area contributed by atoms with Gasteiger partial charge in [0.15, 0.2) is 0 Å². The van der Waals surface area contributed by atoms with Crippen molar-refractivity contribution in [1.82, 2.24) is 4.90 Å². The van der Waals surface area contributed by atoms with Crippen molar-refractivity contribution in [2.75, 3.05) is 13.6 Å². The van der Waals surface area contributed by atoms with E-state index >= 15 is 0 Å². The van der Waals surface area contributed by atoms with Gasteiger partial charge in [0.05, 0.1) is 0 Å². The van der Waals surface area contributed by atoms with E-state index in [0.717, 1.165) is 32.2 Å². The minimum Gasteiger partial charge on any atom is -0.349 e. The summed E-state index contributed by atoms with van der Waals surface area (Å²) in [5, 5.41) is 0. The molecule has 2 N–H and O–H groups in total. The van der Waals surface area contributed by atoms with Crippen LogP contribution in [0.1, 0.15) is 39.5 Å². The Hall–Kier alpha value is -1.28. The van der Waals surface area contributed by atoms with Gasteiger partial charge in [-0.15, -0.1) is 0 Å². The van der Waals surface area contributed by atoms with E-state index in [2.05, 4.69) is 56.2 Å². The molecule has 0 amide bonds. The standard InChI is InChI=1S/C16H26N2/c1-4-9-14(2)18(3)16-12-7-5-6-10-15(16)11-8-13-17/h5,7,9-10,12H,4,6,8,11,13,17H2,1-3H3/b14-9+. The average molecular weight is 246 g/mol. The third-order valence-electron chi connectivity index (χ3n) is 3.26. The Morgan fingerprint density at radius 1 is 1.50 bits per heavy atom. The second kappa shape index (κ2) is 7.93. The van der Waals surface area contributed by atoms with Crippen molar-refractivity contribution in [1.29, 1.82) is 0 Å². The van der Waals surface area contributed by atoms with E-state index in [4.69, 9.17) is 5.73 Å². The van der Waals surface area contributed by atoms with Gasteiger partial charge in [-0.3, -0.25) is 0 Å². The van der Waals surface area contributed by atoms with E-state index in [-0.39, 0.29) is 0 Å². The maximum Gasteiger partial charge on any atom is 0.0434 e. The Morgan fingerprint density at radius 2 is 2.28 bits per heavy atom. The van der Waals surface area contributed by atoms with Crippen molar-refractivity contribution in [3.05, 3.63) is 47.3 Å². The Morgan fingerprint density at radius 3 is 2.94 bits per heavy atom. The molecule has 0 radical (unpaired) electrons. The SMILES string of the molecule is CC/C=C(\C)N(C)C1=CC=CCC=C1CCCN. The number of allylic oxidation sites excluding steroid dienone is 7. The summed E-state index contributed by atoms with van der Waals surface area (Å²) < 4.78 is 0. The fourth-order valence-corrected chi connectivity index (χ4v) is 2.13. The van der Waals surface area contributed by atoms with Gasteiger partial charge in [0.2, 0.25) is 0 Å². The molecule has 0 atom stereocenters. The molecule has 18 heavy (non-hydrogen) atoms. The molecule has 0 saturated heterocycles. The van der Waals surface area contributed by atoms with Gasteiger partial charge in [0, 0.05) is 18.4 Å². The van der Waals surface area contributed by atoms with Gasteiger partial charge in [-0.05, 0) is 50.8 Å². The van der Waals surface area contributed by atoms with E-state index in [1.54, 1.807) is 0 Å². The highest BCUT2D eigenvalue weighted by Gasteiger charge is 2.11. The summed E-state index contributed by atoms with van der Waals surface area (Å²) in [4.78, 5) is 2.28. The lowest BCUT2D eigenvalue weighted by molar-refractivity contribution is 0.519. The fraction of sp³-hybridized carbons (Fsp3) is 0.500. The average Bonchev–Trinajstić information content (AvgIpc) is 2.60. The van der Waals surface area contributed by atoms with Crippen LogP contribution in [0.3, 0.4) is 0 Å². The molecule has 0 aliphatic heterocycles. The van der Waals surface area contributed by atoms with Crippen LogP contribution >= 0.6 is 0 Å². The number of nitrogens with zero attached hydrogens (tertiary/aromatic N) is 1. The lowest BCUT2D eigenvalue weighted by atomic mass is 10.0. The number of hydrogen-bond acceptors (Lipinski definition) is 2. The Bertz CT molecular complexity index is 373. The molecule has 0 aromatic carbocycles. The topological polar surface area (TPSA) is 29.3 Å². The predicted octanol–water partition coefficient (Wildman–Crippen LogP) is 3.74. The van der Waals surface area contributed by atoms with E-state index in [1.165, 1.54) is 17.0 Å².